The van der Waals surface area contributed by atoms with E-state index in [9.17, 15) is 9.59 Å². The van der Waals surface area contributed by atoms with Gasteiger partial charge in [-0.2, -0.15) is 0 Å². The highest BCUT2D eigenvalue weighted by Crippen LogP contribution is 2.25. The summed E-state index contributed by atoms with van der Waals surface area (Å²) in [6, 6.07) is 0. The van der Waals surface area contributed by atoms with Crippen LogP contribution in [0.3, 0.4) is 0 Å². The molecule has 1 aliphatic rings. The molecule has 1 atom stereocenters. The lowest BCUT2D eigenvalue weighted by Gasteiger charge is -2.31. The Morgan fingerprint density at radius 1 is 1.47 bits per heavy atom. The Labute approximate surface area is 114 Å². The summed E-state index contributed by atoms with van der Waals surface area (Å²) >= 11 is 0. The van der Waals surface area contributed by atoms with Gasteiger partial charge in [-0.3, -0.25) is 9.59 Å². The summed E-state index contributed by atoms with van der Waals surface area (Å²) < 4.78 is 5.05. The van der Waals surface area contributed by atoms with Crippen molar-refractivity contribution < 1.29 is 19.4 Å². The van der Waals surface area contributed by atoms with Crippen molar-refractivity contribution in [3.63, 3.8) is 0 Å². The fourth-order valence-electron chi connectivity index (χ4n) is 2.09. The monoisotopic (exact) mass is 272 g/mol. The molecule has 0 aromatic heterocycles. The lowest BCUT2D eigenvalue weighted by molar-refractivity contribution is -0.132. The molecule has 0 aromatic carbocycles. The molecule has 1 saturated heterocycles. The molecule has 6 heteroatoms. The minimum absolute atomic E-state index is 0.0222. The van der Waals surface area contributed by atoms with Gasteiger partial charge in [-0.1, -0.05) is 0 Å². The highest BCUT2D eigenvalue weighted by atomic mass is 16.5. The lowest BCUT2D eigenvalue weighted by Crippen LogP contribution is -2.43. The van der Waals surface area contributed by atoms with Gasteiger partial charge >= 0.3 is 0 Å². The topological polar surface area (TPSA) is 78.9 Å². The van der Waals surface area contributed by atoms with Gasteiger partial charge in [-0.05, 0) is 20.8 Å². The highest BCUT2D eigenvalue weighted by Gasteiger charge is 2.39. The van der Waals surface area contributed by atoms with Gasteiger partial charge in [0.25, 0.3) is 0 Å². The Bertz CT molecular complexity index is 325. The molecule has 0 aromatic rings. The van der Waals surface area contributed by atoms with Crippen molar-refractivity contribution in [3.8, 4) is 0 Å². The number of hydrogen-bond acceptors (Lipinski definition) is 4. The van der Waals surface area contributed by atoms with E-state index in [1.807, 2.05) is 20.8 Å². The number of carbonyl (C=O) groups is 2. The van der Waals surface area contributed by atoms with E-state index < -0.39 is 0 Å². The van der Waals surface area contributed by atoms with Crippen molar-refractivity contribution in [1.29, 1.82) is 0 Å². The van der Waals surface area contributed by atoms with E-state index in [-0.39, 0.29) is 42.9 Å². The molecule has 0 bridgehead atoms. The first kappa shape index (κ1) is 15.9. The molecule has 1 unspecified atom stereocenters. The maximum atomic E-state index is 11.9. The number of rotatable bonds is 6. The smallest absolute Gasteiger partial charge is 0.225 e. The van der Waals surface area contributed by atoms with Crippen LogP contribution in [0.4, 0.5) is 0 Å². The Morgan fingerprint density at radius 3 is 2.68 bits per heavy atom. The summed E-state index contributed by atoms with van der Waals surface area (Å²) in [4.78, 5) is 25.5. The number of aliphatic hydroxyl groups is 1. The van der Waals surface area contributed by atoms with Crippen molar-refractivity contribution in [2.24, 2.45) is 5.92 Å². The summed E-state index contributed by atoms with van der Waals surface area (Å²) in [7, 11) is 0. The van der Waals surface area contributed by atoms with Crippen molar-refractivity contribution >= 4 is 11.8 Å². The molecule has 6 nitrogen and oxygen atoms in total. The summed E-state index contributed by atoms with van der Waals surface area (Å²) in [6.07, 6.45) is 0.278. The molecule has 1 fully saturated rings. The van der Waals surface area contributed by atoms with Crippen molar-refractivity contribution in [2.75, 3.05) is 32.9 Å². The van der Waals surface area contributed by atoms with Gasteiger partial charge < -0.3 is 20.1 Å². The molecule has 19 heavy (non-hydrogen) atoms. The van der Waals surface area contributed by atoms with Gasteiger partial charge in [0.15, 0.2) is 0 Å². The van der Waals surface area contributed by atoms with Crippen LogP contribution in [0.1, 0.15) is 27.2 Å². The average molecular weight is 272 g/mol. The fraction of sp³-hybridized carbons (Fsp3) is 0.846. The Balaban J connectivity index is 2.33. The van der Waals surface area contributed by atoms with Crippen LogP contribution in [0.5, 0.6) is 0 Å². The minimum atomic E-state index is -0.274. The van der Waals surface area contributed by atoms with Crippen LogP contribution in [-0.2, 0) is 14.3 Å². The van der Waals surface area contributed by atoms with Crippen LogP contribution >= 0.6 is 0 Å². The van der Waals surface area contributed by atoms with Crippen LogP contribution < -0.4 is 5.32 Å². The molecular formula is C13H24N2O4. The maximum Gasteiger partial charge on any atom is 0.225 e. The van der Waals surface area contributed by atoms with Crippen LogP contribution in [-0.4, -0.2) is 60.3 Å². The number of carbonyl (C=O) groups excluding carboxylic acids is 2. The lowest BCUT2D eigenvalue weighted by atomic mass is 10.1. The molecule has 110 valence electrons. The Kier molecular flexibility index (Phi) is 5.75. The summed E-state index contributed by atoms with van der Waals surface area (Å²) in [5.74, 6) is -0.346. The predicted octanol–water partition coefficient (Wildman–Crippen LogP) is -0.241. The molecule has 1 rings (SSSR count). The van der Waals surface area contributed by atoms with Gasteiger partial charge in [-0.25, -0.2) is 0 Å². The second kappa shape index (κ2) is 6.86. The zero-order chi connectivity index (χ0) is 14.5. The number of ether oxygens (including phenoxy) is 1. The summed E-state index contributed by atoms with van der Waals surface area (Å²) in [5, 5.41) is 11.3. The molecule has 2 amide bonds. The molecule has 1 aliphatic heterocycles. The molecule has 0 spiro atoms. The zero-order valence-electron chi connectivity index (χ0n) is 11.9. The largest absolute Gasteiger partial charge is 0.394 e. The normalized spacial score (nSPS) is 19.9. The van der Waals surface area contributed by atoms with E-state index in [0.717, 1.165) is 0 Å². The van der Waals surface area contributed by atoms with Crippen molar-refractivity contribution in [2.45, 2.75) is 32.7 Å². The van der Waals surface area contributed by atoms with Gasteiger partial charge in [-0.15, -0.1) is 0 Å². The van der Waals surface area contributed by atoms with Crippen LogP contribution in [0.2, 0.25) is 0 Å². The first-order valence-corrected chi connectivity index (χ1v) is 6.63. The van der Waals surface area contributed by atoms with Crippen LogP contribution in [0.15, 0.2) is 0 Å². The zero-order valence-corrected chi connectivity index (χ0v) is 11.9. The summed E-state index contributed by atoms with van der Waals surface area (Å²) in [5.41, 5.74) is -0.240. The fourth-order valence-corrected chi connectivity index (χ4v) is 2.09. The second-order valence-electron chi connectivity index (χ2n) is 5.70. The number of nitrogens with zero attached hydrogens (tertiary/aromatic N) is 1. The first-order chi connectivity index (χ1) is 8.86. The Hall–Kier alpha value is -1.14. The van der Waals surface area contributed by atoms with E-state index in [1.54, 1.807) is 4.90 Å². The molecule has 0 saturated carbocycles. The van der Waals surface area contributed by atoms with Gasteiger partial charge in [0.05, 0.1) is 25.7 Å². The third kappa shape index (κ3) is 4.80. The van der Waals surface area contributed by atoms with E-state index >= 15 is 0 Å². The number of nitrogens with one attached hydrogen (secondary N) is 1. The second-order valence-corrected chi connectivity index (χ2v) is 5.70. The minimum Gasteiger partial charge on any atom is -0.394 e. The summed E-state index contributed by atoms with van der Waals surface area (Å²) in [6.45, 7) is 7.40. The van der Waals surface area contributed by atoms with E-state index in [1.165, 1.54) is 0 Å². The van der Waals surface area contributed by atoms with E-state index in [0.29, 0.717) is 19.7 Å². The number of likely N-dealkylation sites (tertiary alicyclic amines) is 1. The van der Waals surface area contributed by atoms with Crippen molar-refractivity contribution in [3.05, 3.63) is 0 Å². The number of amides is 2. The molecular weight excluding hydrogens is 248 g/mol. The molecule has 2 N–H and O–H groups in total. The third-order valence-electron chi connectivity index (χ3n) is 3.09. The average Bonchev–Trinajstić information content (AvgIpc) is 2.70. The van der Waals surface area contributed by atoms with E-state index in [2.05, 4.69) is 5.32 Å². The van der Waals surface area contributed by atoms with Crippen LogP contribution in [0.25, 0.3) is 0 Å². The maximum absolute atomic E-state index is 11.9. The quantitative estimate of drug-likeness (QED) is 0.654. The van der Waals surface area contributed by atoms with Crippen molar-refractivity contribution in [1.82, 2.24) is 10.2 Å². The first-order valence-electron chi connectivity index (χ1n) is 6.63. The molecule has 0 radical (unpaired) electrons. The third-order valence-corrected chi connectivity index (χ3v) is 3.09. The number of hydrogen-bond donors (Lipinski definition) is 2. The number of aliphatic hydroxyl groups excluding tert-OH is 1. The predicted molar refractivity (Wildman–Crippen MR) is 70.5 cm³/mol. The molecule has 0 aliphatic carbocycles. The standard InChI is InChI=1S/C13H24N2O4/c1-13(2,3)15-9-10(8-11(15)17)12(18)14-4-6-19-7-5-16/h10,16H,4-9H2,1-3H3,(H,14,18). The van der Waals surface area contributed by atoms with E-state index in [4.69, 9.17) is 9.84 Å². The molecule has 1 heterocycles. The highest BCUT2D eigenvalue weighted by molar-refractivity contribution is 5.89. The van der Waals surface area contributed by atoms with Gasteiger partial charge in [0.1, 0.15) is 0 Å². The Morgan fingerprint density at radius 2 is 2.16 bits per heavy atom. The van der Waals surface area contributed by atoms with Gasteiger partial charge in [0, 0.05) is 25.0 Å². The van der Waals surface area contributed by atoms with Crippen LogP contribution in [0, 0.1) is 5.92 Å². The SMILES string of the molecule is CC(C)(C)N1CC(C(=O)NCCOCCO)CC1=O. The van der Waals surface area contributed by atoms with Gasteiger partial charge in [0.2, 0.25) is 11.8 Å².